The molecule has 1 saturated carbocycles. The molecule has 2 amide bonds. The van der Waals surface area contributed by atoms with Gasteiger partial charge in [-0.1, -0.05) is 12.8 Å². The number of nitrogens with zero attached hydrogens (tertiary/aromatic N) is 4. The van der Waals surface area contributed by atoms with E-state index >= 15 is 0 Å². The predicted molar refractivity (Wildman–Crippen MR) is 128 cm³/mol. The van der Waals surface area contributed by atoms with Crippen LogP contribution in [0, 0.1) is 0 Å². The molecule has 1 aliphatic carbocycles. The normalized spacial score (nSPS) is 20.2. The van der Waals surface area contributed by atoms with Crippen LogP contribution in [0.5, 0.6) is 0 Å². The van der Waals surface area contributed by atoms with Gasteiger partial charge < -0.3 is 19.7 Å². The molecule has 178 valence electrons. The smallest absolute Gasteiger partial charge is 0.320 e. The molecular formula is C24H34N6O3. The third-order valence-corrected chi connectivity index (χ3v) is 6.74. The molecule has 2 aromatic heterocycles. The Morgan fingerprint density at radius 1 is 1.15 bits per heavy atom. The van der Waals surface area contributed by atoms with Crippen molar-refractivity contribution in [3.8, 4) is 0 Å². The summed E-state index contributed by atoms with van der Waals surface area (Å²) in [7, 11) is 0. The second-order valence-electron chi connectivity index (χ2n) is 9.21. The fourth-order valence-corrected chi connectivity index (χ4v) is 4.76. The SMILES string of the molecule is O=C(Nc1ccc2ncc(N3CC(OCCCN4CCOCC4)C3)cc2n1)NC1CCCC1. The number of aromatic nitrogens is 2. The molecule has 0 unspecified atom stereocenters. The van der Waals surface area contributed by atoms with Gasteiger partial charge in [0.05, 0.1) is 42.2 Å². The van der Waals surface area contributed by atoms with E-state index in [2.05, 4.69) is 30.4 Å². The number of hydrogen-bond acceptors (Lipinski definition) is 7. The van der Waals surface area contributed by atoms with E-state index in [1.807, 2.05) is 18.3 Å². The van der Waals surface area contributed by atoms with Crippen molar-refractivity contribution >= 4 is 28.6 Å². The number of hydrogen-bond donors (Lipinski definition) is 2. The predicted octanol–water partition coefficient (Wildman–Crippen LogP) is 2.62. The minimum Gasteiger partial charge on any atom is -0.379 e. The van der Waals surface area contributed by atoms with E-state index in [4.69, 9.17) is 9.47 Å². The summed E-state index contributed by atoms with van der Waals surface area (Å²) in [5.41, 5.74) is 2.63. The van der Waals surface area contributed by atoms with Crippen LogP contribution >= 0.6 is 0 Å². The van der Waals surface area contributed by atoms with Gasteiger partial charge in [-0.3, -0.25) is 15.2 Å². The van der Waals surface area contributed by atoms with Gasteiger partial charge in [0.2, 0.25) is 0 Å². The Hall–Kier alpha value is -2.49. The van der Waals surface area contributed by atoms with Gasteiger partial charge in [-0.25, -0.2) is 9.78 Å². The van der Waals surface area contributed by atoms with Crippen LogP contribution in [-0.4, -0.2) is 85.6 Å². The van der Waals surface area contributed by atoms with Crippen LogP contribution in [0.3, 0.4) is 0 Å². The minimum atomic E-state index is -0.186. The topological polar surface area (TPSA) is 91.9 Å². The number of carbonyl (C=O) groups excluding carboxylic acids is 1. The van der Waals surface area contributed by atoms with Crippen LogP contribution in [0.25, 0.3) is 11.0 Å². The fourth-order valence-electron chi connectivity index (χ4n) is 4.76. The van der Waals surface area contributed by atoms with Gasteiger partial charge in [-0.05, 0) is 37.5 Å². The Labute approximate surface area is 194 Å². The number of nitrogens with one attached hydrogen (secondary N) is 2. The zero-order chi connectivity index (χ0) is 22.5. The van der Waals surface area contributed by atoms with E-state index < -0.39 is 0 Å². The van der Waals surface area contributed by atoms with Crippen molar-refractivity contribution in [2.24, 2.45) is 0 Å². The van der Waals surface area contributed by atoms with Crippen molar-refractivity contribution in [3.63, 3.8) is 0 Å². The van der Waals surface area contributed by atoms with Crippen molar-refractivity contribution in [1.82, 2.24) is 20.2 Å². The van der Waals surface area contributed by atoms with Crippen LogP contribution in [0.15, 0.2) is 24.4 Å². The first kappa shape index (κ1) is 22.3. The lowest BCUT2D eigenvalue weighted by molar-refractivity contribution is 0.0131. The molecule has 4 heterocycles. The van der Waals surface area contributed by atoms with Crippen LogP contribution < -0.4 is 15.5 Å². The van der Waals surface area contributed by atoms with Crippen molar-refractivity contribution in [2.45, 2.75) is 44.2 Å². The van der Waals surface area contributed by atoms with Gasteiger partial charge in [0.1, 0.15) is 5.82 Å². The van der Waals surface area contributed by atoms with Crippen LogP contribution in [0.1, 0.15) is 32.1 Å². The van der Waals surface area contributed by atoms with E-state index in [0.29, 0.717) is 5.82 Å². The van der Waals surface area contributed by atoms with E-state index in [1.54, 1.807) is 6.07 Å². The van der Waals surface area contributed by atoms with E-state index in [-0.39, 0.29) is 18.2 Å². The molecule has 9 heteroatoms. The van der Waals surface area contributed by atoms with Gasteiger partial charge in [0.15, 0.2) is 0 Å². The number of amides is 2. The minimum absolute atomic E-state index is 0.186. The number of carbonyl (C=O) groups is 1. The number of morpholine rings is 1. The summed E-state index contributed by atoms with van der Waals surface area (Å²) in [6, 6.07) is 5.83. The zero-order valence-corrected chi connectivity index (χ0v) is 19.2. The molecule has 3 aliphatic rings. The highest BCUT2D eigenvalue weighted by atomic mass is 16.5. The molecule has 5 rings (SSSR count). The molecule has 2 aliphatic heterocycles. The summed E-state index contributed by atoms with van der Waals surface area (Å²) in [6.07, 6.45) is 7.70. The van der Waals surface area contributed by atoms with Gasteiger partial charge in [0, 0.05) is 45.4 Å². The maximum absolute atomic E-state index is 12.3. The number of rotatable bonds is 8. The molecule has 3 fully saturated rings. The number of urea groups is 1. The Balaban J connectivity index is 1.08. The van der Waals surface area contributed by atoms with Gasteiger partial charge in [0.25, 0.3) is 0 Å². The summed E-state index contributed by atoms with van der Waals surface area (Å²) in [4.78, 5) is 26.1. The van der Waals surface area contributed by atoms with Crippen molar-refractivity contribution in [2.75, 3.05) is 62.8 Å². The highest BCUT2D eigenvalue weighted by Gasteiger charge is 2.28. The Bertz CT molecular complexity index is 939. The third-order valence-electron chi connectivity index (χ3n) is 6.74. The molecule has 2 N–H and O–H groups in total. The quantitative estimate of drug-likeness (QED) is 0.593. The standard InChI is InChI=1S/C24H34N6O3/c31-24(26-18-4-1-2-5-18)28-23-7-6-21-22(27-23)14-19(15-25-21)30-16-20(17-30)33-11-3-8-29-9-12-32-13-10-29/h6-7,14-15,18,20H,1-5,8-13,16-17H2,(H2,26,27,28,31). The average molecular weight is 455 g/mol. The van der Waals surface area contributed by atoms with Crippen LogP contribution in [0.2, 0.25) is 0 Å². The van der Waals surface area contributed by atoms with Crippen molar-refractivity contribution < 1.29 is 14.3 Å². The van der Waals surface area contributed by atoms with Crippen molar-refractivity contribution in [3.05, 3.63) is 24.4 Å². The Kier molecular flexibility index (Phi) is 7.18. The largest absolute Gasteiger partial charge is 0.379 e. The average Bonchev–Trinajstić information content (AvgIpc) is 3.31. The molecular weight excluding hydrogens is 420 g/mol. The van der Waals surface area contributed by atoms with Gasteiger partial charge in [-0.2, -0.15) is 0 Å². The number of ether oxygens (including phenoxy) is 2. The lowest BCUT2D eigenvalue weighted by Crippen LogP contribution is -2.52. The molecule has 33 heavy (non-hydrogen) atoms. The molecule has 0 radical (unpaired) electrons. The lowest BCUT2D eigenvalue weighted by atomic mass is 10.1. The molecule has 2 aromatic rings. The summed E-state index contributed by atoms with van der Waals surface area (Å²) < 4.78 is 11.4. The molecule has 0 aromatic carbocycles. The first-order valence-corrected chi connectivity index (χ1v) is 12.2. The Morgan fingerprint density at radius 2 is 1.97 bits per heavy atom. The number of anilines is 2. The van der Waals surface area contributed by atoms with Crippen LogP contribution in [0.4, 0.5) is 16.3 Å². The molecule has 0 spiro atoms. The summed E-state index contributed by atoms with van der Waals surface area (Å²) in [6.45, 7) is 7.36. The zero-order valence-electron chi connectivity index (χ0n) is 19.2. The first-order valence-electron chi connectivity index (χ1n) is 12.2. The van der Waals surface area contributed by atoms with E-state index in [9.17, 15) is 4.79 Å². The lowest BCUT2D eigenvalue weighted by Gasteiger charge is -2.40. The number of fused-ring (bicyclic) bond motifs is 1. The van der Waals surface area contributed by atoms with E-state index in [0.717, 1.165) is 88.5 Å². The van der Waals surface area contributed by atoms with Crippen LogP contribution in [-0.2, 0) is 9.47 Å². The molecule has 2 saturated heterocycles. The summed E-state index contributed by atoms with van der Waals surface area (Å²) >= 11 is 0. The first-order chi connectivity index (χ1) is 16.2. The monoisotopic (exact) mass is 454 g/mol. The maximum atomic E-state index is 12.3. The second-order valence-corrected chi connectivity index (χ2v) is 9.21. The highest BCUT2D eigenvalue weighted by Crippen LogP contribution is 2.25. The van der Waals surface area contributed by atoms with E-state index in [1.165, 1.54) is 12.8 Å². The highest BCUT2D eigenvalue weighted by molar-refractivity contribution is 5.90. The summed E-state index contributed by atoms with van der Waals surface area (Å²) in [5, 5.41) is 5.90. The molecule has 0 atom stereocenters. The molecule has 0 bridgehead atoms. The van der Waals surface area contributed by atoms with Gasteiger partial charge >= 0.3 is 6.03 Å². The Morgan fingerprint density at radius 3 is 2.79 bits per heavy atom. The fraction of sp³-hybridized carbons (Fsp3) is 0.625. The summed E-state index contributed by atoms with van der Waals surface area (Å²) in [5.74, 6) is 0.544. The maximum Gasteiger partial charge on any atom is 0.320 e. The second kappa shape index (κ2) is 10.6. The number of pyridine rings is 2. The van der Waals surface area contributed by atoms with Crippen molar-refractivity contribution in [1.29, 1.82) is 0 Å². The third kappa shape index (κ3) is 5.90. The molecule has 9 nitrogen and oxygen atoms in total. The van der Waals surface area contributed by atoms with Gasteiger partial charge in [-0.15, -0.1) is 0 Å².